The third kappa shape index (κ3) is 3.11. The molecule has 1 aromatic carbocycles. The van der Waals surface area contributed by atoms with Crippen molar-refractivity contribution < 1.29 is 14.6 Å². The van der Waals surface area contributed by atoms with Crippen molar-refractivity contribution in [2.75, 3.05) is 12.4 Å². The van der Waals surface area contributed by atoms with Gasteiger partial charge in [0.2, 0.25) is 0 Å². The largest absolute Gasteiger partial charge is 0.504 e. The lowest BCUT2D eigenvalue weighted by Gasteiger charge is -2.07. The van der Waals surface area contributed by atoms with Gasteiger partial charge in [-0.15, -0.1) is 0 Å². The number of rotatable bonds is 3. The maximum absolute atomic E-state index is 11.9. The highest BCUT2D eigenvalue weighted by Crippen LogP contribution is 2.26. The van der Waals surface area contributed by atoms with E-state index in [1.807, 2.05) is 0 Å². The Morgan fingerprint density at radius 2 is 2.21 bits per heavy atom. The molecule has 1 aromatic heterocycles. The summed E-state index contributed by atoms with van der Waals surface area (Å²) in [4.78, 5) is 19.6. The Morgan fingerprint density at radius 3 is 2.84 bits per heavy atom. The Kier molecular flexibility index (Phi) is 3.82. The van der Waals surface area contributed by atoms with E-state index in [9.17, 15) is 9.90 Å². The van der Waals surface area contributed by atoms with E-state index in [0.29, 0.717) is 5.75 Å². The van der Waals surface area contributed by atoms with Crippen LogP contribution in [0, 0.1) is 0 Å². The van der Waals surface area contributed by atoms with E-state index in [4.69, 9.17) is 16.3 Å². The fourth-order valence-corrected chi connectivity index (χ4v) is 1.57. The Balaban J connectivity index is 2.18. The molecule has 19 heavy (non-hydrogen) atoms. The van der Waals surface area contributed by atoms with Gasteiger partial charge in [0.05, 0.1) is 19.5 Å². The van der Waals surface area contributed by atoms with Crippen molar-refractivity contribution in [3.63, 3.8) is 0 Å². The number of nitrogens with one attached hydrogen (secondary N) is 1. The normalized spacial score (nSPS) is 10.0. The van der Waals surface area contributed by atoms with Crippen molar-refractivity contribution in [1.29, 1.82) is 0 Å². The Bertz CT molecular complexity index is 619. The van der Waals surface area contributed by atoms with E-state index >= 15 is 0 Å². The molecule has 0 atom stereocenters. The first-order valence-corrected chi connectivity index (χ1v) is 5.64. The van der Waals surface area contributed by atoms with Gasteiger partial charge >= 0.3 is 0 Å². The van der Waals surface area contributed by atoms with Crippen LogP contribution < -0.4 is 10.1 Å². The topological polar surface area (TPSA) is 84.3 Å². The zero-order valence-corrected chi connectivity index (χ0v) is 10.7. The maximum atomic E-state index is 11.9. The number of nitrogens with zero attached hydrogens (tertiary/aromatic N) is 2. The van der Waals surface area contributed by atoms with Crippen LogP contribution in [0.15, 0.2) is 30.6 Å². The number of carbonyl (C=O) groups excluding carboxylic acids is 1. The Labute approximate surface area is 114 Å². The molecule has 7 heteroatoms. The number of carbonyl (C=O) groups is 1. The standard InChI is InChI=1S/C12H10ClN3O3/c1-19-9-3-2-7(4-8(9)17)12(18)16-11-6-14-5-10(13)15-11/h2-6,17H,1H3,(H,15,16,18). The molecule has 6 nitrogen and oxygen atoms in total. The van der Waals surface area contributed by atoms with Gasteiger partial charge in [-0.3, -0.25) is 9.78 Å². The van der Waals surface area contributed by atoms with Crippen molar-refractivity contribution >= 4 is 23.3 Å². The number of halogens is 1. The molecule has 2 rings (SSSR count). The van der Waals surface area contributed by atoms with Gasteiger partial charge in [0.25, 0.3) is 5.91 Å². The summed E-state index contributed by atoms with van der Waals surface area (Å²) in [5, 5.41) is 12.3. The lowest BCUT2D eigenvalue weighted by Crippen LogP contribution is -2.13. The SMILES string of the molecule is COc1ccc(C(=O)Nc2cncc(Cl)n2)cc1O. The molecule has 0 aliphatic heterocycles. The van der Waals surface area contributed by atoms with E-state index < -0.39 is 5.91 Å². The van der Waals surface area contributed by atoms with Gasteiger partial charge in [-0.05, 0) is 18.2 Å². The molecule has 0 aliphatic rings. The number of methoxy groups -OCH3 is 1. The van der Waals surface area contributed by atoms with Gasteiger partial charge in [-0.2, -0.15) is 0 Å². The molecule has 0 saturated heterocycles. The number of phenols is 1. The Morgan fingerprint density at radius 1 is 1.42 bits per heavy atom. The summed E-state index contributed by atoms with van der Waals surface area (Å²) in [5.41, 5.74) is 0.264. The molecule has 0 bridgehead atoms. The molecule has 0 unspecified atom stereocenters. The number of phenolic OH excluding ortho intramolecular Hbond substituents is 1. The molecule has 0 saturated carbocycles. The van der Waals surface area contributed by atoms with Crippen LogP contribution in [0.25, 0.3) is 0 Å². The lowest BCUT2D eigenvalue weighted by atomic mass is 10.2. The third-order valence-corrected chi connectivity index (χ3v) is 2.47. The predicted octanol–water partition coefficient (Wildman–Crippen LogP) is 2.10. The van der Waals surface area contributed by atoms with Crippen molar-refractivity contribution in [3.05, 3.63) is 41.3 Å². The molecular formula is C12H10ClN3O3. The van der Waals surface area contributed by atoms with Gasteiger partial charge in [0.15, 0.2) is 17.3 Å². The average Bonchev–Trinajstić information content (AvgIpc) is 2.38. The molecule has 0 aliphatic carbocycles. The zero-order chi connectivity index (χ0) is 13.8. The van der Waals surface area contributed by atoms with Gasteiger partial charge < -0.3 is 15.2 Å². The number of benzene rings is 1. The molecule has 0 spiro atoms. The average molecular weight is 280 g/mol. The van der Waals surface area contributed by atoms with Crippen LogP contribution >= 0.6 is 11.6 Å². The summed E-state index contributed by atoms with van der Waals surface area (Å²) in [6.45, 7) is 0. The Hall–Kier alpha value is -2.34. The van der Waals surface area contributed by atoms with Crippen LogP contribution in [-0.4, -0.2) is 28.1 Å². The van der Waals surface area contributed by atoms with E-state index in [2.05, 4.69) is 15.3 Å². The number of aromatic nitrogens is 2. The monoisotopic (exact) mass is 279 g/mol. The summed E-state index contributed by atoms with van der Waals surface area (Å²) in [7, 11) is 1.43. The van der Waals surface area contributed by atoms with Gasteiger partial charge in [0, 0.05) is 5.56 Å². The molecular weight excluding hydrogens is 270 g/mol. The van der Waals surface area contributed by atoms with Crippen LogP contribution in [0.2, 0.25) is 5.15 Å². The molecule has 2 N–H and O–H groups in total. The number of ether oxygens (including phenoxy) is 1. The fourth-order valence-electron chi connectivity index (χ4n) is 1.42. The highest BCUT2D eigenvalue weighted by Gasteiger charge is 2.10. The van der Waals surface area contributed by atoms with Gasteiger partial charge in [-0.1, -0.05) is 11.6 Å². The van der Waals surface area contributed by atoms with E-state index in [1.165, 1.54) is 37.7 Å². The van der Waals surface area contributed by atoms with Crippen molar-refractivity contribution in [1.82, 2.24) is 9.97 Å². The number of hydrogen-bond donors (Lipinski definition) is 2. The minimum Gasteiger partial charge on any atom is -0.504 e. The summed E-state index contributed by atoms with van der Waals surface area (Å²) in [5.74, 6) is -0.0336. The first-order chi connectivity index (χ1) is 9.10. The summed E-state index contributed by atoms with van der Waals surface area (Å²) in [6.07, 6.45) is 2.73. The van der Waals surface area contributed by atoms with E-state index in [1.54, 1.807) is 0 Å². The maximum Gasteiger partial charge on any atom is 0.256 e. The second kappa shape index (κ2) is 5.53. The molecule has 1 amide bonds. The minimum atomic E-state index is -0.436. The number of hydrogen-bond acceptors (Lipinski definition) is 5. The smallest absolute Gasteiger partial charge is 0.256 e. The third-order valence-electron chi connectivity index (χ3n) is 2.29. The molecule has 1 heterocycles. The number of aromatic hydroxyl groups is 1. The van der Waals surface area contributed by atoms with Gasteiger partial charge in [0.1, 0.15) is 5.15 Å². The summed E-state index contributed by atoms with van der Waals surface area (Å²) < 4.78 is 4.89. The molecule has 0 radical (unpaired) electrons. The molecule has 98 valence electrons. The van der Waals surface area contributed by atoms with Crippen LogP contribution in [-0.2, 0) is 0 Å². The van der Waals surface area contributed by atoms with Crippen LogP contribution in [0.3, 0.4) is 0 Å². The van der Waals surface area contributed by atoms with Crippen LogP contribution in [0.5, 0.6) is 11.5 Å². The van der Waals surface area contributed by atoms with E-state index in [-0.39, 0.29) is 22.3 Å². The lowest BCUT2D eigenvalue weighted by molar-refractivity contribution is 0.102. The number of anilines is 1. The highest BCUT2D eigenvalue weighted by atomic mass is 35.5. The van der Waals surface area contributed by atoms with Crippen LogP contribution in [0.1, 0.15) is 10.4 Å². The van der Waals surface area contributed by atoms with Crippen molar-refractivity contribution in [2.45, 2.75) is 0 Å². The summed E-state index contributed by atoms with van der Waals surface area (Å²) >= 11 is 5.66. The van der Waals surface area contributed by atoms with Crippen LogP contribution in [0.4, 0.5) is 5.82 Å². The van der Waals surface area contributed by atoms with Gasteiger partial charge in [-0.25, -0.2) is 4.98 Å². The highest BCUT2D eigenvalue weighted by molar-refractivity contribution is 6.29. The second-order valence-electron chi connectivity index (χ2n) is 3.57. The number of amides is 1. The first kappa shape index (κ1) is 13.1. The zero-order valence-electron chi connectivity index (χ0n) is 9.92. The van der Waals surface area contributed by atoms with Crippen molar-refractivity contribution in [3.8, 4) is 11.5 Å². The van der Waals surface area contributed by atoms with E-state index in [0.717, 1.165) is 0 Å². The fraction of sp³-hybridized carbons (Fsp3) is 0.0833. The van der Waals surface area contributed by atoms with Crippen molar-refractivity contribution in [2.24, 2.45) is 0 Å². The predicted molar refractivity (Wildman–Crippen MR) is 69.7 cm³/mol. The molecule has 0 fully saturated rings. The first-order valence-electron chi connectivity index (χ1n) is 5.26. The summed E-state index contributed by atoms with van der Waals surface area (Å²) in [6, 6.07) is 4.31. The minimum absolute atomic E-state index is 0.118. The second-order valence-corrected chi connectivity index (χ2v) is 3.96. The quantitative estimate of drug-likeness (QED) is 0.899. The molecule has 2 aromatic rings.